The van der Waals surface area contributed by atoms with E-state index in [2.05, 4.69) is 16.0 Å². The molecule has 0 aromatic heterocycles. The standard InChI is InChI=1S/C58H87N5O11S/c1-40(2)30-46(60-55(69)73-28-29-75(71)39-58(9)37-72-38-58)25-24-45(31-42-18-12-10-13-19-42)53(67)62-27-17-23-49(62)51(65)33-47(41(3)4)52(66)61-48(22-16-26-59-54(68)74-36-43-20-14-11-15-21-43)50(64)32-44-34-56(5,6)63(70)57(7,8)35-44/h10-15,18-21,24-25,40-41,44-49,70H,16-17,22-23,26-39H2,1-9H3,(H,59,68)(H,60,69)(H,61,66)/b25-24+/t45-,46-,47+,48+,49+,75?/m1/s1. The van der Waals surface area contributed by atoms with Crippen LogP contribution in [0.1, 0.15) is 131 Å². The Kier molecular flexibility index (Phi) is 23.1. The molecular formula is C58H87N5O11S. The number of ketones is 2. The van der Waals surface area contributed by atoms with Crippen LogP contribution in [0.4, 0.5) is 9.59 Å². The number of carbonyl (C=O) groups is 6. The second-order valence-corrected chi connectivity index (χ2v) is 25.1. The van der Waals surface area contributed by atoms with Gasteiger partial charge >= 0.3 is 12.2 Å². The first kappa shape index (κ1) is 60.9. The van der Waals surface area contributed by atoms with Crippen molar-refractivity contribution < 1.29 is 52.4 Å². The van der Waals surface area contributed by atoms with Crippen LogP contribution in [-0.4, -0.2) is 129 Å². The number of carbonyl (C=O) groups excluding carboxylic acids is 6. The smallest absolute Gasteiger partial charge is 0.407 e. The lowest BCUT2D eigenvalue weighted by Crippen LogP contribution is -2.59. The molecule has 2 aromatic carbocycles. The molecule has 2 aromatic rings. The molecule has 0 radical (unpaired) electrons. The first-order chi connectivity index (χ1) is 35.4. The van der Waals surface area contributed by atoms with Gasteiger partial charge in [0.25, 0.3) is 0 Å². The van der Waals surface area contributed by atoms with Crippen LogP contribution in [-0.2, 0) is 57.2 Å². The summed E-state index contributed by atoms with van der Waals surface area (Å²) in [4.78, 5) is 85.3. The molecule has 3 aliphatic heterocycles. The van der Waals surface area contributed by atoms with Gasteiger partial charge in [0.15, 0.2) is 11.6 Å². The predicted octanol–water partition coefficient (Wildman–Crippen LogP) is 8.36. The van der Waals surface area contributed by atoms with Gasteiger partial charge in [-0.3, -0.25) is 23.4 Å². The highest BCUT2D eigenvalue weighted by molar-refractivity contribution is 7.85. The van der Waals surface area contributed by atoms with Gasteiger partial charge in [0.05, 0.1) is 43.0 Å². The third kappa shape index (κ3) is 19.2. The zero-order valence-electron chi connectivity index (χ0n) is 46.1. The van der Waals surface area contributed by atoms with Crippen molar-refractivity contribution in [3.63, 3.8) is 0 Å². The van der Waals surface area contributed by atoms with E-state index in [0.29, 0.717) is 70.5 Å². The average molecular weight is 1060 g/mol. The third-order valence-corrected chi connectivity index (χ3v) is 16.4. The number of Topliss-reactive ketones (excluding diaryl/α,β-unsaturated/α-hetero) is 2. The number of hydrogen-bond donors (Lipinski definition) is 4. The van der Waals surface area contributed by atoms with Crippen molar-refractivity contribution in [3.05, 3.63) is 83.9 Å². The number of rotatable bonds is 28. The molecule has 0 bridgehead atoms. The molecule has 75 heavy (non-hydrogen) atoms. The van der Waals surface area contributed by atoms with Gasteiger partial charge in [0.1, 0.15) is 13.2 Å². The van der Waals surface area contributed by atoms with Crippen LogP contribution >= 0.6 is 0 Å². The lowest BCUT2D eigenvalue weighted by molar-refractivity contribution is -0.251. The summed E-state index contributed by atoms with van der Waals surface area (Å²) in [6, 6.07) is 16.8. The van der Waals surface area contributed by atoms with Crippen LogP contribution in [0, 0.1) is 35.0 Å². The fourth-order valence-corrected chi connectivity index (χ4v) is 12.3. The van der Waals surface area contributed by atoms with Crippen LogP contribution in [0.15, 0.2) is 72.8 Å². The van der Waals surface area contributed by atoms with Gasteiger partial charge in [0.2, 0.25) is 11.8 Å². The van der Waals surface area contributed by atoms with E-state index >= 15 is 0 Å². The number of hydroxylamine groups is 2. The summed E-state index contributed by atoms with van der Waals surface area (Å²) in [5, 5.41) is 21.1. The minimum atomic E-state index is -1.16. The van der Waals surface area contributed by atoms with Gasteiger partial charge in [-0.2, -0.15) is 5.06 Å². The SMILES string of the molecule is CC(C)C[C@@H](/C=C/[C@H](Cc1ccccc1)C(=O)N1CCC[C@H]1C(=O)C[C@H](C(=O)N[C@@H](CCCNC(=O)OCc1ccccc1)C(=O)CC1CC(C)(C)N(O)C(C)(C)C1)C(C)C)NC(=O)OCCS(=O)CC1(C)COC1. The highest BCUT2D eigenvalue weighted by Crippen LogP contribution is 2.41. The van der Waals surface area contributed by atoms with Crippen LogP contribution in [0.2, 0.25) is 0 Å². The molecule has 4 N–H and O–H groups in total. The first-order valence-corrected chi connectivity index (χ1v) is 28.6. The normalized spacial score (nSPS) is 20.4. The molecule has 3 fully saturated rings. The number of likely N-dealkylation sites (tertiary alicyclic amines) is 1. The molecule has 0 saturated carbocycles. The number of hydrogen-bond acceptors (Lipinski definition) is 12. The Morgan fingerprint density at radius 1 is 0.853 bits per heavy atom. The zero-order chi connectivity index (χ0) is 54.9. The Bertz CT molecular complexity index is 2230. The van der Waals surface area contributed by atoms with E-state index in [1.165, 1.54) is 5.06 Å². The van der Waals surface area contributed by atoms with Crippen molar-refractivity contribution in [1.82, 2.24) is 25.9 Å². The number of benzene rings is 2. The minimum absolute atomic E-state index is 0.00113. The van der Waals surface area contributed by atoms with E-state index < -0.39 is 69.9 Å². The predicted molar refractivity (Wildman–Crippen MR) is 290 cm³/mol. The maximum atomic E-state index is 14.8. The minimum Gasteiger partial charge on any atom is -0.449 e. The van der Waals surface area contributed by atoms with Crippen molar-refractivity contribution >= 4 is 46.4 Å². The van der Waals surface area contributed by atoms with Gasteiger partial charge in [-0.05, 0) is 108 Å². The molecule has 0 aliphatic carbocycles. The Balaban J connectivity index is 1.26. The average Bonchev–Trinajstić information content (AvgIpc) is 3.84. The Labute approximate surface area is 448 Å². The summed E-state index contributed by atoms with van der Waals surface area (Å²) < 4.78 is 28.8. The Morgan fingerprint density at radius 3 is 2.09 bits per heavy atom. The molecule has 1 unspecified atom stereocenters. The van der Waals surface area contributed by atoms with E-state index in [1.54, 1.807) is 4.90 Å². The maximum Gasteiger partial charge on any atom is 0.407 e. The molecule has 416 valence electrons. The highest BCUT2D eigenvalue weighted by atomic mass is 32.2. The second kappa shape index (κ2) is 28.4. The Morgan fingerprint density at radius 2 is 1.49 bits per heavy atom. The first-order valence-electron chi connectivity index (χ1n) is 27.1. The summed E-state index contributed by atoms with van der Waals surface area (Å²) >= 11 is 0. The summed E-state index contributed by atoms with van der Waals surface area (Å²) in [6.45, 7) is 19.4. The molecule has 4 amide bonds. The van der Waals surface area contributed by atoms with Gasteiger partial charge in [-0.25, -0.2) is 9.59 Å². The zero-order valence-corrected chi connectivity index (χ0v) is 46.9. The van der Waals surface area contributed by atoms with Crippen LogP contribution < -0.4 is 16.0 Å². The maximum absolute atomic E-state index is 14.8. The molecule has 0 spiro atoms. The summed E-state index contributed by atoms with van der Waals surface area (Å²) in [7, 11) is -1.16. The van der Waals surface area contributed by atoms with Crippen molar-refractivity contribution in [2.45, 2.75) is 162 Å². The number of nitrogens with one attached hydrogen (secondary N) is 3. The third-order valence-electron chi connectivity index (χ3n) is 14.7. The topological polar surface area (TPSA) is 210 Å². The van der Waals surface area contributed by atoms with Crippen molar-refractivity contribution in [2.24, 2.45) is 35.0 Å². The van der Waals surface area contributed by atoms with Crippen LogP contribution in [0.25, 0.3) is 0 Å². The van der Waals surface area contributed by atoms with E-state index in [1.807, 2.05) is 135 Å². The van der Waals surface area contributed by atoms with E-state index in [9.17, 15) is 38.2 Å². The molecule has 3 heterocycles. The van der Waals surface area contributed by atoms with Crippen molar-refractivity contribution in [3.8, 4) is 0 Å². The number of amides is 4. The number of alkyl carbamates (subject to hydrolysis) is 2. The molecule has 16 nitrogen and oxygen atoms in total. The molecule has 5 rings (SSSR count). The highest BCUT2D eigenvalue weighted by Gasteiger charge is 2.46. The lowest BCUT2D eigenvalue weighted by Gasteiger charge is -2.51. The van der Waals surface area contributed by atoms with Gasteiger partial charge in [0, 0.05) is 64.9 Å². The molecule has 6 atom stereocenters. The Hall–Kier alpha value is -4.97. The molecule has 3 saturated heterocycles. The summed E-state index contributed by atoms with van der Waals surface area (Å²) in [5.74, 6) is -1.96. The molecule has 17 heteroatoms. The molecular weight excluding hydrogens is 975 g/mol. The van der Waals surface area contributed by atoms with E-state index in [4.69, 9.17) is 14.2 Å². The summed E-state index contributed by atoms with van der Waals surface area (Å²) in [5.41, 5.74) is 0.502. The fourth-order valence-electron chi connectivity index (χ4n) is 11.0. The monoisotopic (exact) mass is 1060 g/mol. The van der Waals surface area contributed by atoms with Gasteiger partial charge < -0.3 is 40.3 Å². The van der Waals surface area contributed by atoms with Gasteiger partial charge in [-0.1, -0.05) is 107 Å². The van der Waals surface area contributed by atoms with Gasteiger partial charge in [-0.15, -0.1) is 0 Å². The van der Waals surface area contributed by atoms with E-state index in [0.717, 1.165) is 11.1 Å². The quantitative estimate of drug-likeness (QED) is 0.0468. The van der Waals surface area contributed by atoms with E-state index in [-0.39, 0.29) is 85.4 Å². The number of nitrogens with zero attached hydrogens (tertiary/aromatic N) is 2. The summed E-state index contributed by atoms with van der Waals surface area (Å²) in [6.07, 6.45) is 6.19. The fraction of sp³-hybridized carbons (Fsp3) is 0.655. The van der Waals surface area contributed by atoms with Crippen LogP contribution in [0.3, 0.4) is 0 Å². The van der Waals surface area contributed by atoms with Crippen molar-refractivity contribution in [2.75, 3.05) is 44.4 Å². The lowest BCUT2D eigenvalue weighted by atomic mass is 9.73. The number of piperidine rings is 1. The number of ether oxygens (including phenoxy) is 3. The molecule has 3 aliphatic rings. The van der Waals surface area contributed by atoms with Crippen LogP contribution in [0.5, 0.6) is 0 Å². The second-order valence-electron chi connectivity index (χ2n) is 23.6. The largest absolute Gasteiger partial charge is 0.449 e. The van der Waals surface area contributed by atoms with Crippen molar-refractivity contribution in [1.29, 1.82) is 0 Å².